The molecule has 23 heavy (non-hydrogen) atoms. The van der Waals surface area contributed by atoms with Crippen LogP contribution in [0.15, 0.2) is 53.0 Å². The van der Waals surface area contributed by atoms with E-state index in [1.165, 1.54) is 17.7 Å². The van der Waals surface area contributed by atoms with Crippen LogP contribution < -0.4 is 10.1 Å². The summed E-state index contributed by atoms with van der Waals surface area (Å²) in [7, 11) is 0. The molecule has 0 aliphatic carbocycles. The number of rotatable bonds is 7. The summed E-state index contributed by atoms with van der Waals surface area (Å²) in [6, 6.07) is 14.6. The van der Waals surface area contributed by atoms with Crippen LogP contribution in [-0.2, 0) is 11.2 Å². The minimum Gasteiger partial charge on any atom is -0.481 e. The molecule has 1 N–H and O–H groups in total. The topological polar surface area (TPSA) is 38.3 Å². The summed E-state index contributed by atoms with van der Waals surface area (Å²) in [5.41, 5.74) is 1.24. The average Bonchev–Trinajstić information content (AvgIpc) is 2.53. The van der Waals surface area contributed by atoms with Crippen molar-refractivity contribution in [1.82, 2.24) is 5.32 Å². The van der Waals surface area contributed by atoms with Gasteiger partial charge in [0.15, 0.2) is 18.2 Å². The van der Waals surface area contributed by atoms with Crippen molar-refractivity contribution in [3.8, 4) is 5.75 Å². The Morgan fingerprint density at radius 3 is 2.70 bits per heavy atom. The summed E-state index contributed by atoms with van der Waals surface area (Å²) in [6.45, 7) is 1.75. The zero-order valence-corrected chi connectivity index (χ0v) is 14.5. The monoisotopic (exact) mass is 379 g/mol. The third kappa shape index (κ3) is 6.02. The Balaban J connectivity index is 1.73. The van der Waals surface area contributed by atoms with Crippen LogP contribution in [0.5, 0.6) is 5.75 Å². The molecule has 0 spiro atoms. The third-order valence-corrected chi connectivity index (χ3v) is 3.86. The summed E-state index contributed by atoms with van der Waals surface area (Å²) in [5, 5.41) is 2.86. The normalized spacial score (nSPS) is 11.8. The van der Waals surface area contributed by atoms with E-state index in [4.69, 9.17) is 4.74 Å². The van der Waals surface area contributed by atoms with Gasteiger partial charge in [0.25, 0.3) is 5.91 Å². The first-order valence-electron chi connectivity index (χ1n) is 7.45. The molecule has 0 unspecified atom stereocenters. The van der Waals surface area contributed by atoms with Gasteiger partial charge in [-0.05, 0) is 43.5 Å². The number of carbonyl (C=O) groups is 1. The van der Waals surface area contributed by atoms with E-state index in [0.717, 1.165) is 12.8 Å². The lowest BCUT2D eigenvalue weighted by molar-refractivity contribution is -0.123. The number of nitrogens with one attached hydrogen (secondary N) is 1. The first kappa shape index (κ1) is 17.5. The number of benzene rings is 2. The number of hydrogen-bond acceptors (Lipinski definition) is 2. The van der Waals surface area contributed by atoms with Crippen LogP contribution in [0, 0.1) is 5.82 Å². The van der Waals surface area contributed by atoms with Gasteiger partial charge in [-0.2, -0.15) is 0 Å². The van der Waals surface area contributed by atoms with E-state index in [-0.39, 0.29) is 24.3 Å². The molecule has 2 aromatic rings. The number of carbonyl (C=O) groups excluding carboxylic acids is 1. The summed E-state index contributed by atoms with van der Waals surface area (Å²) in [6.07, 6.45) is 1.73. The van der Waals surface area contributed by atoms with Gasteiger partial charge in [-0.1, -0.05) is 46.3 Å². The molecule has 0 heterocycles. The van der Waals surface area contributed by atoms with Gasteiger partial charge in [-0.15, -0.1) is 0 Å². The lowest BCUT2D eigenvalue weighted by Gasteiger charge is -2.14. The lowest BCUT2D eigenvalue weighted by Crippen LogP contribution is -2.36. The van der Waals surface area contributed by atoms with Crippen molar-refractivity contribution in [1.29, 1.82) is 0 Å². The molecule has 0 bridgehead atoms. The molecule has 0 aliphatic rings. The van der Waals surface area contributed by atoms with E-state index in [9.17, 15) is 9.18 Å². The number of amides is 1. The number of aryl methyl sites for hydroxylation is 1. The van der Waals surface area contributed by atoms with Crippen LogP contribution in [0.25, 0.3) is 0 Å². The van der Waals surface area contributed by atoms with Gasteiger partial charge < -0.3 is 10.1 Å². The Bertz CT molecular complexity index is 649. The fraction of sp³-hybridized carbons (Fsp3) is 0.278. The maximum absolute atomic E-state index is 13.6. The van der Waals surface area contributed by atoms with Crippen LogP contribution in [-0.4, -0.2) is 18.6 Å². The van der Waals surface area contributed by atoms with Crippen molar-refractivity contribution in [3.63, 3.8) is 0 Å². The molecular weight excluding hydrogens is 361 g/mol. The van der Waals surface area contributed by atoms with E-state index < -0.39 is 5.82 Å². The molecular formula is C18H19BrFNO2. The quantitative estimate of drug-likeness (QED) is 0.785. The van der Waals surface area contributed by atoms with Crippen LogP contribution >= 0.6 is 15.9 Å². The molecule has 1 amide bonds. The minimum atomic E-state index is -0.496. The Morgan fingerprint density at radius 1 is 1.26 bits per heavy atom. The van der Waals surface area contributed by atoms with Gasteiger partial charge in [0.1, 0.15) is 0 Å². The van der Waals surface area contributed by atoms with Crippen molar-refractivity contribution in [2.45, 2.75) is 25.8 Å². The van der Waals surface area contributed by atoms with E-state index in [1.54, 1.807) is 6.07 Å². The molecule has 0 fully saturated rings. The molecule has 5 heteroatoms. The molecule has 0 saturated carbocycles. The first-order chi connectivity index (χ1) is 11.0. The van der Waals surface area contributed by atoms with Crippen molar-refractivity contribution >= 4 is 21.8 Å². The Hall–Kier alpha value is -1.88. The summed E-state index contributed by atoms with van der Waals surface area (Å²) >= 11 is 3.17. The molecule has 2 rings (SSSR count). The first-order valence-corrected chi connectivity index (χ1v) is 8.25. The molecule has 1 atom stereocenters. The Kier molecular flexibility index (Phi) is 6.59. The molecule has 3 nitrogen and oxygen atoms in total. The maximum Gasteiger partial charge on any atom is 0.258 e. The summed E-state index contributed by atoms with van der Waals surface area (Å²) < 4.78 is 19.4. The highest BCUT2D eigenvalue weighted by Crippen LogP contribution is 2.21. The third-order valence-electron chi connectivity index (χ3n) is 3.37. The van der Waals surface area contributed by atoms with Crippen LogP contribution in [0.1, 0.15) is 18.9 Å². The second kappa shape index (κ2) is 8.67. The van der Waals surface area contributed by atoms with E-state index in [2.05, 4.69) is 33.4 Å². The molecule has 122 valence electrons. The number of halogens is 2. The van der Waals surface area contributed by atoms with E-state index in [0.29, 0.717) is 4.47 Å². The van der Waals surface area contributed by atoms with Crippen molar-refractivity contribution in [3.05, 3.63) is 64.4 Å². The van der Waals surface area contributed by atoms with Gasteiger partial charge >= 0.3 is 0 Å². The van der Waals surface area contributed by atoms with E-state index >= 15 is 0 Å². The standard InChI is InChI=1S/C18H19BrFNO2/c1-13(7-8-14-5-3-2-4-6-14)21-18(22)12-23-17-10-9-15(19)11-16(17)20/h2-6,9-11,13H,7-8,12H2,1H3,(H,21,22)/t13-/m0/s1. The second-order valence-electron chi connectivity index (χ2n) is 5.36. The largest absolute Gasteiger partial charge is 0.481 e. The van der Waals surface area contributed by atoms with Crippen LogP contribution in [0.4, 0.5) is 4.39 Å². The molecule has 0 aliphatic heterocycles. The van der Waals surface area contributed by atoms with Gasteiger partial charge in [0.05, 0.1) is 0 Å². The molecule has 0 aromatic heterocycles. The molecule has 2 aromatic carbocycles. The number of ether oxygens (including phenoxy) is 1. The van der Waals surface area contributed by atoms with Crippen LogP contribution in [0.3, 0.4) is 0 Å². The van der Waals surface area contributed by atoms with Gasteiger partial charge in [-0.25, -0.2) is 4.39 Å². The van der Waals surface area contributed by atoms with Gasteiger partial charge in [-0.3, -0.25) is 4.79 Å². The minimum absolute atomic E-state index is 0.0288. The lowest BCUT2D eigenvalue weighted by atomic mass is 10.1. The Morgan fingerprint density at radius 2 is 2.00 bits per heavy atom. The van der Waals surface area contributed by atoms with Crippen molar-refractivity contribution in [2.24, 2.45) is 0 Å². The maximum atomic E-state index is 13.6. The predicted octanol–water partition coefficient (Wildman–Crippen LogP) is 4.10. The Labute approximate surface area is 144 Å². The van der Waals surface area contributed by atoms with Crippen LogP contribution in [0.2, 0.25) is 0 Å². The van der Waals surface area contributed by atoms with Gasteiger partial charge in [0.2, 0.25) is 0 Å². The van der Waals surface area contributed by atoms with Crippen molar-refractivity contribution < 1.29 is 13.9 Å². The van der Waals surface area contributed by atoms with Crippen molar-refractivity contribution in [2.75, 3.05) is 6.61 Å². The highest BCUT2D eigenvalue weighted by molar-refractivity contribution is 9.10. The molecule has 0 radical (unpaired) electrons. The number of hydrogen-bond donors (Lipinski definition) is 1. The summed E-state index contributed by atoms with van der Waals surface area (Å²) in [5.74, 6) is -0.683. The predicted molar refractivity (Wildman–Crippen MR) is 92.0 cm³/mol. The SMILES string of the molecule is C[C@@H](CCc1ccccc1)NC(=O)COc1ccc(Br)cc1F. The smallest absolute Gasteiger partial charge is 0.258 e. The summed E-state index contributed by atoms with van der Waals surface area (Å²) in [4.78, 5) is 11.8. The fourth-order valence-corrected chi connectivity index (χ4v) is 2.49. The van der Waals surface area contributed by atoms with Gasteiger partial charge in [0, 0.05) is 10.5 Å². The average molecular weight is 380 g/mol. The van der Waals surface area contributed by atoms with E-state index in [1.807, 2.05) is 25.1 Å². The highest BCUT2D eigenvalue weighted by Gasteiger charge is 2.10. The zero-order valence-electron chi connectivity index (χ0n) is 12.9. The zero-order chi connectivity index (χ0) is 16.7. The highest BCUT2D eigenvalue weighted by atomic mass is 79.9. The second-order valence-corrected chi connectivity index (χ2v) is 6.27. The fourth-order valence-electron chi connectivity index (χ4n) is 2.15. The molecule has 0 saturated heterocycles.